The van der Waals surface area contributed by atoms with Gasteiger partial charge in [0.25, 0.3) is 0 Å². The van der Waals surface area contributed by atoms with Gasteiger partial charge in [-0.15, -0.1) is 11.6 Å². The molecular formula is C19H23ClO. The highest BCUT2D eigenvalue weighted by Crippen LogP contribution is 2.33. The van der Waals surface area contributed by atoms with E-state index in [0.717, 1.165) is 23.3 Å². The Hall–Kier alpha value is -1.47. The molecule has 21 heavy (non-hydrogen) atoms. The van der Waals surface area contributed by atoms with Crippen LogP contribution in [0.15, 0.2) is 48.5 Å². The standard InChI is InChI=1S/C19H23ClO/c1-5-19(2,3)16-11-9-14(10-12-16)18(20)15-7-6-8-17(13-15)21-4/h6-13,18H,5H2,1-4H3. The summed E-state index contributed by atoms with van der Waals surface area (Å²) in [4.78, 5) is 0. The summed E-state index contributed by atoms with van der Waals surface area (Å²) < 4.78 is 5.26. The minimum atomic E-state index is -0.154. The topological polar surface area (TPSA) is 9.23 Å². The number of hydrogen-bond donors (Lipinski definition) is 0. The summed E-state index contributed by atoms with van der Waals surface area (Å²) in [6, 6.07) is 16.6. The fourth-order valence-electron chi connectivity index (χ4n) is 2.30. The fraction of sp³-hybridized carbons (Fsp3) is 0.368. The first kappa shape index (κ1) is 15.9. The maximum absolute atomic E-state index is 6.61. The predicted molar refractivity (Wildman–Crippen MR) is 90.4 cm³/mol. The molecule has 1 unspecified atom stereocenters. The zero-order chi connectivity index (χ0) is 15.5. The van der Waals surface area contributed by atoms with E-state index in [2.05, 4.69) is 45.0 Å². The van der Waals surface area contributed by atoms with Gasteiger partial charge in [0.2, 0.25) is 0 Å². The third-order valence-corrected chi connectivity index (χ3v) is 4.76. The number of halogens is 1. The number of ether oxygens (including phenoxy) is 1. The SMILES string of the molecule is CCC(C)(C)c1ccc(C(Cl)c2cccc(OC)c2)cc1. The largest absolute Gasteiger partial charge is 0.497 e. The number of benzene rings is 2. The Labute approximate surface area is 132 Å². The molecule has 2 aromatic carbocycles. The van der Waals surface area contributed by atoms with Gasteiger partial charge in [-0.25, -0.2) is 0 Å². The van der Waals surface area contributed by atoms with Crippen molar-refractivity contribution in [2.75, 3.05) is 7.11 Å². The molecule has 0 spiro atoms. The van der Waals surface area contributed by atoms with E-state index in [1.165, 1.54) is 5.56 Å². The zero-order valence-corrected chi connectivity index (χ0v) is 13.9. The molecule has 0 heterocycles. The monoisotopic (exact) mass is 302 g/mol. The van der Waals surface area contributed by atoms with Crippen LogP contribution in [0.1, 0.15) is 49.3 Å². The van der Waals surface area contributed by atoms with Crippen LogP contribution in [0.2, 0.25) is 0 Å². The molecule has 2 aromatic rings. The third-order valence-electron chi connectivity index (χ3n) is 4.26. The van der Waals surface area contributed by atoms with E-state index in [1.54, 1.807) is 7.11 Å². The number of alkyl halides is 1. The van der Waals surface area contributed by atoms with Crippen LogP contribution in [0, 0.1) is 0 Å². The minimum absolute atomic E-state index is 0.154. The Kier molecular flexibility index (Phi) is 4.95. The summed E-state index contributed by atoms with van der Waals surface area (Å²) in [6.45, 7) is 6.75. The molecule has 0 N–H and O–H groups in total. The van der Waals surface area contributed by atoms with Gasteiger partial charge < -0.3 is 4.74 Å². The number of rotatable bonds is 5. The molecule has 0 aliphatic carbocycles. The van der Waals surface area contributed by atoms with E-state index in [9.17, 15) is 0 Å². The minimum Gasteiger partial charge on any atom is -0.497 e. The summed E-state index contributed by atoms with van der Waals surface area (Å²) in [7, 11) is 1.67. The van der Waals surface area contributed by atoms with E-state index in [1.807, 2.05) is 24.3 Å². The fourth-order valence-corrected chi connectivity index (χ4v) is 2.58. The first-order chi connectivity index (χ1) is 9.97. The van der Waals surface area contributed by atoms with Crippen molar-refractivity contribution in [2.24, 2.45) is 0 Å². The van der Waals surface area contributed by atoms with Gasteiger partial charge in [-0.05, 0) is 40.7 Å². The van der Waals surface area contributed by atoms with E-state index < -0.39 is 0 Å². The van der Waals surface area contributed by atoms with Gasteiger partial charge in [0.15, 0.2) is 0 Å². The van der Waals surface area contributed by atoms with Crippen LogP contribution in [-0.2, 0) is 5.41 Å². The molecule has 0 amide bonds. The lowest BCUT2D eigenvalue weighted by atomic mass is 9.82. The molecule has 1 atom stereocenters. The van der Waals surface area contributed by atoms with Crippen molar-refractivity contribution in [1.82, 2.24) is 0 Å². The normalized spacial score (nSPS) is 13.0. The summed E-state index contributed by atoms with van der Waals surface area (Å²) in [5, 5.41) is -0.154. The van der Waals surface area contributed by atoms with E-state index in [4.69, 9.17) is 16.3 Å². The lowest BCUT2D eigenvalue weighted by Gasteiger charge is -2.24. The maximum Gasteiger partial charge on any atom is 0.119 e. The van der Waals surface area contributed by atoms with Crippen LogP contribution in [-0.4, -0.2) is 7.11 Å². The van der Waals surface area contributed by atoms with Crippen molar-refractivity contribution in [3.8, 4) is 5.75 Å². The van der Waals surface area contributed by atoms with E-state index >= 15 is 0 Å². The molecule has 1 nitrogen and oxygen atoms in total. The quantitative estimate of drug-likeness (QED) is 0.643. The highest BCUT2D eigenvalue weighted by molar-refractivity contribution is 6.22. The first-order valence-corrected chi connectivity index (χ1v) is 7.80. The average Bonchev–Trinajstić information content (AvgIpc) is 2.54. The van der Waals surface area contributed by atoms with Crippen LogP contribution in [0.5, 0.6) is 5.75 Å². The Morgan fingerprint density at radius 1 is 1.05 bits per heavy atom. The molecule has 0 saturated heterocycles. The van der Waals surface area contributed by atoms with Crippen LogP contribution >= 0.6 is 11.6 Å². The summed E-state index contributed by atoms with van der Waals surface area (Å²) in [5.74, 6) is 0.835. The van der Waals surface area contributed by atoms with Crippen LogP contribution in [0.25, 0.3) is 0 Å². The van der Waals surface area contributed by atoms with Gasteiger partial charge in [-0.1, -0.05) is 57.2 Å². The van der Waals surface area contributed by atoms with Gasteiger partial charge in [0.1, 0.15) is 5.75 Å². The molecule has 0 aliphatic rings. The number of hydrogen-bond acceptors (Lipinski definition) is 1. The molecule has 112 valence electrons. The maximum atomic E-state index is 6.61. The molecule has 2 rings (SSSR count). The number of methoxy groups -OCH3 is 1. The predicted octanol–water partition coefficient (Wildman–Crippen LogP) is 5.71. The zero-order valence-electron chi connectivity index (χ0n) is 13.2. The second kappa shape index (κ2) is 6.53. The highest BCUT2D eigenvalue weighted by atomic mass is 35.5. The summed E-state index contributed by atoms with van der Waals surface area (Å²) >= 11 is 6.61. The van der Waals surface area contributed by atoms with E-state index in [0.29, 0.717) is 0 Å². The third kappa shape index (κ3) is 3.59. The second-order valence-corrected chi connectivity index (χ2v) is 6.44. The molecule has 0 fully saturated rings. The Morgan fingerprint density at radius 3 is 2.29 bits per heavy atom. The smallest absolute Gasteiger partial charge is 0.119 e. The molecule has 0 bridgehead atoms. The Balaban J connectivity index is 2.25. The first-order valence-electron chi connectivity index (χ1n) is 7.36. The molecular weight excluding hydrogens is 280 g/mol. The molecule has 0 saturated carbocycles. The molecule has 2 heteroatoms. The van der Waals surface area contributed by atoms with Crippen molar-refractivity contribution in [1.29, 1.82) is 0 Å². The Morgan fingerprint density at radius 2 is 1.71 bits per heavy atom. The van der Waals surface area contributed by atoms with Crippen molar-refractivity contribution in [3.63, 3.8) is 0 Å². The van der Waals surface area contributed by atoms with Crippen LogP contribution in [0.3, 0.4) is 0 Å². The van der Waals surface area contributed by atoms with Gasteiger partial charge in [-0.3, -0.25) is 0 Å². The Bertz CT molecular complexity index is 587. The van der Waals surface area contributed by atoms with Crippen LogP contribution < -0.4 is 4.74 Å². The van der Waals surface area contributed by atoms with Gasteiger partial charge in [-0.2, -0.15) is 0 Å². The highest BCUT2D eigenvalue weighted by Gasteiger charge is 2.18. The van der Waals surface area contributed by atoms with Crippen molar-refractivity contribution >= 4 is 11.6 Å². The van der Waals surface area contributed by atoms with Crippen molar-refractivity contribution in [3.05, 3.63) is 65.2 Å². The summed E-state index contributed by atoms with van der Waals surface area (Å²) in [5.41, 5.74) is 3.72. The molecule has 0 aliphatic heterocycles. The van der Waals surface area contributed by atoms with Crippen molar-refractivity contribution < 1.29 is 4.74 Å². The molecule has 0 aromatic heterocycles. The van der Waals surface area contributed by atoms with Gasteiger partial charge in [0, 0.05) is 0 Å². The van der Waals surface area contributed by atoms with Crippen LogP contribution in [0.4, 0.5) is 0 Å². The van der Waals surface area contributed by atoms with Crippen molar-refractivity contribution in [2.45, 2.75) is 38.0 Å². The average molecular weight is 303 g/mol. The summed E-state index contributed by atoms with van der Waals surface area (Å²) in [6.07, 6.45) is 1.12. The lowest BCUT2D eigenvalue weighted by molar-refractivity contribution is 0.414. The van der Waals surface area contributed by atoms with Gasteiger partial charge >= 0.3 is 0 Å². The van der Waals surface area contributed by atoms with Gasteiger partial charge in [0.05, 0.1) is 12.5 Å². The van der Waals surface area contributed by atoms with E-state index in [-0.39, 0.29) is 10.8 Å². The molecule has 0 radical (unpaired) electrons. The lowest BCUT2D eigenvalue weighted by Crippen LogP contribution is -2.15. The second-order valence-electron chi connectivity index (χ2n) is 6.00.